The summed E-state index contributed by atoms with van der Waals surface area (Å²) in [4.78, 5) is 24.2. The van der Waals surface area contributed by atoms with Gasteiger partial charge in [0.15, 0.2) is 11.5 Å². The Kier molecular flexibility index (Phi) is 6.08. The van der Waals surface area contributed by atoms with Gasteiger partial charge in [0, 0.05) is 27.5 Å². The van der Waals surface area contributed by atoms with Crippen molar-refractivity contribution >= 4 is 39.1 Å². The first-order valence-electron chi connectivity index (χ1n) is 8.30. The minimum Gasteiger partial charge on any atom is -0.486 e. The van der Waals surface area contributed by atoms with Crippen molar-refractivity contribution in [1.82, 2.24) is 5.43 Å². The van der Waals surface area contributed by atoms with Crippen LogP contribution in [0.3, 0.4) is 0 Å². The number of carbonyl (C=O) groups excluding carboxylic acids is 2. The monoisotopic (exact) mass is 431 g/mol. The lowest BCUT2D eigenvalue weighted by Gasteiger charge is -2.19. The van der Waals surface area contributed by atoms with Crippen molar-refractivity contribution in [2.75, 3.05) is 18.5 Å². The van der Waals surface area contributed by atoms with Gasteiger partial charge in [0.05, 0.1) is 6.42 Å². The lowest BCUT2D eigenvalue weighted by atomic mass is 10.2. The fourth-order valence-electron chi connectivity index (χ4n) is 2.44. The second-order valence-electron chi connectivity index (χ2n) is 5.88. The number of halogens is 1. The molecule has 0 saturated heterocycles. The van der Waals surface area contributed by atoms with Crippen LogP contribution >= 0.6 is 15.9 Å². The smallest absolute Gasteiger partial charge is 0.271 e. The third-order valence-electron chi connectivity index (χ3n) is 3.68. The maximum absolute atomic E-state index is 12.2. The summed E-state index contributed by atoms with van der Waals surface area (Å²) >= 11 is 3.31. The van der Waals surface area contributed by atoms with Gasteiger partial charge in [-0.05, 0) is 37.3 Å². The van der Waals surface area contributed by atoms with Crippen molar-refractivity contribution in [3.63, 3.8) is 0 Å². The molecule has 2 aromatic carbocycles. The van der Waals surface area contributed by atoms with E-state index >= 15 is 0 Å². The molecule has 0 aromatic heterocycles. The molecule has 0 unspecified atom stereocenters. The van der Waals surface area contributed by atoms with Crippen molar-refractivity contribution < 1.29 is 19.1 Å². The van der Waals surface area contributed by atoms with E-state index in [1.54, 1.807) is 43.3 Å². The number of hydrogen-bond donors (Lipinski definition) is 2. The largest absolute Gasteiger partial charge is 0.486 e. The Hall–Kier alpha value is -2.87. The van der Waals surface area contributed by atoms with Crippen LogP contribution in [-0.4, -0.2) is 30.7 Å². The molecule has 0 saturated carbocycles. The Labute approximate surface area is 164 Å². The first-order valence-corrected chi connectivity index (χ1v) is 9.09. The highest BCUT2D eigenvalue weighted by molar-refractivity contribution is 9.10. The third-order valence-corrected chi connectivity index (χ3v) is 4.17. The van der Waals surface area contributed by atoms with Crippen LogP contribution in [0, 0.1) is 0 Å². The molecule has 140 valence electrons. The molecule has 2 N–H and O–H groups in total. The number of nitrogens with one attached hydrogen (secondary N) is 2. The normalized spacial score (nSPS) is 13.0. The second-order valence-corrected chi connectivity index (χ2v) is 6.80. The minimum absolute atomic E-state index is 0.0488. The van der Waals surface area contributed by atoms with Crippen LogP contribution in [0.2, 0.25) is 0 Å². The summed E-state index contributed by atoms with van der Waals surface area (Å²) in [6.07, 6.45) is 0.0488. The zero-order valence-electron chi connectivity index (χ0n) is 14.6. The molecule has 0 fully saturated rings. The molecule has 1 aliphatic rings. The molecule has 27 heavy (non-hydrogen) atoms. The summed E-state index contributed by atoms with van der Waals surface area (Å²) in [5.74, 6) is 0.672. The van der Waals surface area contributed by atoms with Crippen molar-refractivity contribution in [2.45, 2.75) is 13.3 Å². The van der Waals surface area contributed by atoms with Crippen molar-refractivity contribution in [3.05, 3.63) is 52.5 Å². The molecule has 1 heterocycles. The summed E-state index contributed by atoms with van der Waals surface area (Å²) in [5, 5.41) is 6.75. The number of amides is 2. The summed E-state index contributed by atoms with van der Waals surface area (Å²) in [7, 11) is 0. The van der Waals surface area contributed by atoms with E-state index in [0.29, 0.717) is 41.7 Å². The van der Waals surface area contributed by atoms with Gasteiger partial charge in [0.25, 0.3) is 5.91 Å². The Bertz CT molecular complexity index is 898. The van der Waals surface area contributed by atoms with Gasteiger partial charge in [-0.25, -0.2) is 5.43 Å². The molecule has 0 spiro atoms. The third kappa shape index (κ3) is 5.30. The molecule has 0 aliphatic carbocycles. The molecule has 8 heteroatoms. The van der Waals surface area contributed by atoms with Gasteiger partial charge in [0.1, 0.15) is 13.2 Å². The van der Waals surface area contributed by atoms with E-state index in [2.05, 4.69) is 31.8 Å². The zero-order valence-corrected chi connectivity index (χ0v) is 16.2. The van der Waals surface area contributed by atoms with Crippen LogP contribution in [-0.2, 0) is 4.79 Å². The van der Waals surface area contributed by atoms with Crippen molar-refractivity contribution in [1.29, 1.82) is 0 Å². The van der Waals surface area contributed by atoms with E-state index in [-0.39, 0.29) is 18.2 Å². The molecular formula is C19H18BrN3O4. The number of benzene rings is 2. The predicted molar refractivity (Wildman–Crippen MR) is 105 cm³/mol. The number of hydrazone groups is 1. The van der Waals surface area contributed by atoms with Gasteiger partial charge >= 0.3 is 0 Å². The van der Waals surface area contributed by atoms with E-state index in [9.17, 15) is 9.59 Å². The van der Waals surface area contributed by atoms with Crippen LogP contribution in [0.5, 0.6) is 11.5 Å². The van der Waals surface area contributed by atoms with Gasteiger partial charge in [-0.3, -0.25) is 9.59 Å². The van der Waals surface area contributed by atoms with Crippen LogP contribution < -0.4 is 20.2 Å². The summed E-state index contributed by atoms with van der Waals surface area (Å²) < 4.78 is 11.7. The fraction of sp³-hybridized carbons (Fsp3) is 0.211. The number of fused-ring (bicyclic) bond motifs is 1. The quantitative estimate of drug-likeness (QED) is 0.560. The molecule has 2 amide bonds. The Morgan fingerprint density at radius 2 is 1.89 bits per heavy atom. The summed E-state index contributed by atoms with van der Waals surface area (Å²) in [6, 6.07) is 12.2. The van der Waals surface area contributed by atoms with Crippen molar-refractivity contribution in [3.8, 4) is 11.5 Å². The van der Waals surface area contributed by atoms with Crippen molar-refractivity contribution in [2.24, 2.45) is 5.10 Å². The molecule has 0 radical (unpaired) electrons. The fourth-order valence-corrected chi connectivity index (χ4v) is 2.84. The maximum atomic E-state index is 12.2. The molecule has 0 atom stereocenters. The minimum atomic E-state index is -0.345. The number of anilines is 1. The van der Waals surface area contributed by atoms with Crippen LogP contribution in [0.4, 0.5) is 5.69 Å². The van der Waals surface area contributed by atoms with E-state index in [1.807, 2.05) is 6.07 Å². The Morgan fingerprint density at radius 1 is 1.11 bits per heavy atom. The number of rotatable bonds is 5. The number of carbonyl (C=O) groups is 2. The Morgan fingerprint density at radius 3 is 2.67 bits per heavy atom. The van der Waals surface area contributed by atoms with Crippen LogP contribution in [0.25, 0.3) is 0 Å². The van der Waals surface area contributed by atoms with Gasteiger partial charge in [0.2, 0.25) is 5.91 Å². The standard InChI is InChI=1S/C19H18BrN3O4/c1-12(22-23-19(25)13-3-2-4-14(20)10-13)9-18(24)21-15-5-6-16-17(11-15)27-8-7-26-16/h2-6,10-11H,7-9H2,1H3,(H,21,24)(H,23,25)/b22-12-. The number of hydrogen-bond acceptors (Lipinski definition) is 5. The van der Waals surface area contributed by atoms with Crippen LogP contribution in [0.1, 0.15) is 23.7 Å². The van der Waals surface area contributed by atoms with E-state index < -0.39 is 0 Å². The molecule has 1 aliphatic heterocycles. The first-order chi connectivity index (χ1) is 13.0. The van der Waals surface area contributed by atoms with E-state index in [0.717, 1.165) is 4.47 Å². The highest BCUT2D eigenvalue weighted by Gasteiger charge is 2.13. The lowest BCUT2D eigenvalue weighted by molar-refractivity contribution is -0.115. The average Bonchev–Trinajstić information content (AvgIpc) is 2.66. The average molecular weight is 432 g/mol. The SMILES string of the molecule is C/C(CC(=O)Nc1ccc2c(c1)OCCO2)=N/NC(=O)c1cccc(Br)c1. The van der Waals surface area contributed by atoms with Gasteiger partial charge in [-0.2, -0.15) is 5.10 Å². The van der Waals surface area contributed by atoms with Gasteiger partial charge in [-0.1, -0.05) is 22.0 Å². The van der Waals surface area contributed by atoms with E-state index in [1.165, 1.54) is 0 Å². The lowest BCUT2D eigenvalue weighted by Crippen LogP contribution is -2.21. The molecule has 2 aromatic rings. The molecule has 3 rings (SSSR count). The molecular weight excluding hydrogens is 414 g/mol. The van der Waals surface area contributed by atoms with Gasteiger partial charge < -0.3 is 14.8 Å². The summed E-state index contributed by atoms with van der Waals surface area (Å²) in [6.45, 7) is 2.67. The number of ether oxygens (including phenoxy) is 2. The number of nitrogens with zero attached hydrogens (tertiary/aromatic N) is 1. The Balaban J connectivity index is 1.54. The first kappa shape index (κ1) is 18.9. The van der Waals surface area contributed by atoms with Gasteiger partial charge in [-0.15, -0.1) is 0 Å². The summed E-state index contributed by atoms with van der Waals surface area (Å²) in [5.41, 5.74) is 4.01. The molecule has 7 nitrogen and oxygen atoms in total. The predicted octanol–water partition coefficient (Wildman–Crippen LogP) is 3.35. The highest BCUT2D eigenvalue weighted by atomic mass is 79.9. The maximum Gasteiger partial charge on any atom is 0.271 e. The highest BCUT2D eigenvalue weighted by Crippen LogP contribution is 2.32. The second kappa shape index (κ2) is 8.68. The molecule has 0 bridgehead atoms. The van der Waals surface area contributed by atoms with E-state index in [4.69, 9.17) is 9.47 Å². The van der Waals surface area contributed by atoms with Crippen LogP contribution in [0.15, 0.2) is 52.0 Å². The zero-order chi connectivity index (χ0) is 19.2. The topological polar surface area (TPSA) is 89.0 Å².